The summed E-state index contributed by atoms with van der Waals surface area (Å²) in [6.07, 6.45) is -0.387. The standard InChI is InChI=1S/C25H23F3N4O/c1-29-23-30-15-17-14-24(20-8-3-2-7-19(20)21(17)31-23)9-11-32(12-10-24)22(33)16-5-4-6-18(13-16)25(26,27)28/h2-8,13,15H,9-12,14H2,1H3,(H,29,30,31). The number of nitrogens with zero attached hydrogens (tertiary/aromatic N) is 3. The van der Waals surface area contributed by atoms with Crippen molar-refractivity contribution in [3.8, 4) is 11.3 Å². The van der Waals surface area contributed by atoms with Crippen molar-refractivity contribution in [1.82, 2.24) is 14.9 Å². The summed E-state index contributed by atoms with van der Waals surface area (Å²) in [5, 5.41) is 2.99. The molecule has 1 N–H and O–H groups in total. The maximum Gasteiger partial charge on any atom is 0.416 e. The SMILES string of the molecule is CNc1ncc2c(n1)-c1ccccc1C1(CCN(C(=O)c3cccc(C(F)(F)F)c3)CC1)C2. The Kier molecular flexibility index (Phi) is 5.11. The fourth-order valence-electron chi connectivity index (χ4n) is 5.10. The van der Waals surface area contributed by atoms with Crippen LogP contribution in [0.25, 0.3) is 11.3 Å². The highest BCUT2D eigenvalue weighted by Crippen LogP contribution is 2.48. The highest BCUT2D eigenvalue weighted by molar-refractivity contribution is 5.94. The monoisotopic (exact) mass is 452 g/mol. The molecule has 170 valence electrons. The van der Waals surface area contributed by atoms with Crippen LogP contribution in [-0.4, -0.2) is 40.9 Å². The molecule has 8 heteroatoms. The van der Waals surface area contributed by atoms with Gasteiger partial charge in [0.05, 0.1) is 11.3 Å². The number of amides is 1. The molecule has 2 aromatic carbocycles. The minimum Gasteiger partial charge on any atom is -0.357 e. The van der Waals surface area contributed by atoms with E-state index in [4.69, 9.17) is 0 Å². The Bertz CT molecular complexity index is 1220. The van der Waals surface area contributed by atoms with Crippen LogP contribution in [0.1, 0.15) is 39.9 Å². The van der Waals surface area contributed by atoms with Crippen LogP contribution in [0.5, 0.6) is 0 Å². The highest BCUT2D eigenvalue weighted by Gasteiger charge is 2.43. The summed E-state index contributed by atoms with van der Waals surface area (Å²) < 4.78 is 39.2. The van der Waals surface area contributed by atoms with Crippen molar-refractivity contribution in [3.05, 3.63) is 77.0 Å². The van der Waals surface area contributed by atoms with Crippen molar-refractivity contribution in [2.24, 2.45) is 0 Å². The predicted octanol–water partition coefficient (Wildman–Crippen LogP) is 4.93. The molecule has 3 aromatic rings. The van der Waals surface area contributed by atoms with Gasteiger partial charge < -0.3 is 10.2 Å². The van der Waals surface area contributed by atoms with E-state index in [0.717, 1.165) is 48.2 Å². The van der Waals surface area contributed by atoms with Gasteiger partial charge in [0.25, 0.3) is 5.91 Å². The average molecular weight is 452 g/mol. The van der Waals surface area contributed by atoms with Gasteiger partial charge in [0, 0.05) is 42.9 Å². The van der Waals surface area contributed by atoms with Crippen LogP contribution in [0, 0.1) is 0 Å². The van der Waals surface area contributed by atoms with E-state index < -0.39 is 11.7 Å². The van der Waals surface area contributed by atoms with Crippen molar-refractivity contribution in [2.75, 3.05) is 25.5 Å². The normalized spacial score (nSPS) is 16.8. The van der Waals surface area contributed by atoms with Crippen LogP contribution < -0.4 is 5.32 Å². The number of aromatic nitrogens is 2. The smallest absolute Gasteiger partial charge is 0.357 e. The number of benzene rings is 2. The molecule has 1 aliphatic heterocycles. The van der Waals surface area contributed by atoms with Crippen molar-refractivity contribution >= 4 is 11.9 Å². The minimum atomic E-state index is -4.48. The Balaban J connectivity index is 1.41. The van der Waals surface area contributed by atoms with Gasteiger partial charge in [0.1, 0.15) is 0 Å². The Labute approximate surface area is 189 Å². The molecule has 1 amide bonds. The average Bonchev–Trinajstić information content (AvgIpc) is 2.84. The number of fused-ring (bicyclic) bond motifs is 4. The zero-order chi connectivity index (χ0) is 23.2. The summed E-state index contributed by atoms with van der Waals surface area (Å²) in [5.41, 5.74) is 3.41. The molecule has 33 heavy (non-hydrogen) atoms. The van der Waals surface area contributed by atoms with Crippen LogP contribution in [0.3, 0.4) is 0 Å². The van der Waals surface area contributed by atoms with Crippen LogP contribution >= 0.6 is 0 Å². The number of carbonyl (C=O) groups excluding carboxylic acids is 1. The molecule has 0 atom stereocenters. The first-order valence-corrected chi connectivity index (χ1v) is 10.9. The van der Waals surface area contributed by atoms with Gasteiger partial charge in [-0.1, -0.05) is 30.3 Å². The number of carbonyl (C=O) groups is 1. The second-order valence-electron chi connectivity index (χ2n) is 8.69. The molecule has 0 unspecified atom stereocenters. The largest absolute Gasteiger partial charge is 0.416 e. The molecule has 1 fully saturated rings. The molecule has 5 nitrogen and oxygen atoms in total. The molecule has 2 aliphatic rings. The van der Waals surface area contributed by atoms with Crippen LogP contribution in [-0.2, 0) is 18.0 Å². The number of piperidine rings is 1. The molecule has 0 radical (unpaired) electrons. The van der Waals surface area contributed by atoms with Crippen molar-refractivity contribution in [2.45, 2.75) is 30.9 Å². The molecular weight excluding hydrogens is 429 g/mol. The highest BCUT2D eigenvalue weighted by atomic mass is 19.4. The molecule has 2 heterocycles. The maximum atomic E-state index is 13.1. The summed E-state index contributed by atoms with van der Waals surface area (Å²) in [7, 11) is 1.79. The third-order valence-electron chi connectivity index (χ3n) is 6.82. The summed E-state index contributed by atoms with van der Waals surface area (Å²) in [6, 6.07) is 12.9. The topological polar surface area (TPSA) is 58.1 Å². The number of halogens is 3. The maximum absolute atomic E-state index is 13.1. The number of hydrogen-bond donors (Lipinski definition) is 1. The number of likely N-dealkylation sites (tertiary alicyclic amines) is 1. The van der Waals surface area contributed by atoms with E-state index in [-0.39, 0.29) is 16.9 Å². The number of hydrogen-bond acceptors (Lipinski definition) is 4. The van der Waals surface area contributed by atoms with Gasteiger partial charge >= 0.3 is 6.18 Å². The van der Waals surface area contributed by atoms with Crippen molar-refractivity contribution in [1.29, 1.82) is 0 Å². The number of nitrogens with one attached hydrogen (secondary N) is 1. The molecule has 1 aromatic heterocycles. The van der Waals surface area contributed by atoms with Gasteiger partial charge in [-0.15, -0.1) is 0 Å². The van der Waals surface area contributed by atoms with E-state index in [1.807, 2.05) is 18.3 Å². The number of rotatable bonds is 2. The quantitative estimate of drug-likeness (QED) is 0.599. The van der Waals surface area contributed by atoms with E-state index in [0.29, 0.717) is 19.0 Å². The van der Waals surface area contributed by atoms with Gasteiger partial charge in [0.2, 0.25) is 5.95 Å². The lowest BCUT2D eigenvalue weighted by Gasteiger charge is -2.45. The third kappa shape index (κ3) is 3.73. The zero-order valence-corrected chi connectivity index (χ0v) is 18.1. The van der Waals surface area contributed by atoms with E-state index >= 15 is 0 Å². The number of anilines is 1. The van der Waals surface area contributed by atoms with Crippen LogP contribution in [0.4, 0.5) is 19.1 Å². The third-order valence-corrected chi connectivity index (χ3v) is 6.82. The molecule has 1 spiro atoms. The van der Waals surface area contributed by atoms with E-state index in [2.05, 4.69) is 27.4 Å². The lowest BCUT2D eigenvalue weighted by Crippen LogP contribution is -2.47. The van der Waals surface area contributed by atoms with Crippen molar-refractivity contribution in [3.63, 3.8) is 0 Å². The summed E-state index contributed by atoms with van der Waals surface area (Å²) >= 11 is 0. The molecule has 5 rings (SSSR count). The molecule has 0 bridgehead atoms. The second kappa shape index (κ2) is 7.86. The predicted molar refractivity (Wildman–Crippen MR) is 119 cm³/mol. The van der Waals surface area contributed by atoms with Gasteiger partial charge in [0.15, 0.2) is 0 Å². The van der Waals surface area contributed by atoms with Crippen LogP contribution in [0.15, 0.2) is 54.7 Å². The summed E-state index contributed by atoms with van der Waals surface area (Å²) in [6.45, 7) is 0.961. The molecule has 1 saturated heterocycles. The van der Waals surface area contributed by atoms with Gasteiger partial charge in [-0.2, -0.15) is 13.2 Å². The fourth-order valence-corrected chi connectivity index (χ4v) is 5.10. The van der Waals surface area contributed by atoms with E-state index in [1.54, 1.807) is 11.9 Å². The lowest BCUT2D eigenvalue weighted by molar-refractivity contribution is -0.137. The zero-order valence-electron chi connectivity index (χ0n) is 18.1. The first-order valence-electron chi connectivity index (χ1n) is 10.9. The van der Waals surface area contributed by atoms with Gasteiger partial charge in [-0.3, -0.25) is 4.79 Å². The number of alkyl halides is 3. The summed E-state index contributed by atoms with van der Waals surface area (Å²) in [4.78, 5) is 23.7. The van der Waals surface area contributed by atoms with E-state index in [1.165, 1.54) is 17.7 Å². The van der Waals surface area contributed by atoms with Crippen molar-refractivity contribution < 1.29 is 18.0 Å². The molecule has 0 saturated carbocycles. The Morgan fingerprint density at radius 2 is 1.85 bits per heavy atom. The fraction of sp³-hybridized carbons (Fsp3) is 0.320. The molecule has 1 aliphatic carbocycles. The Morgan fingerprint density at radius 3 is 2.58 bits per heavy atom. The molecular formula is C25H23F3N4O. The van der Waals surface area contributed by atoms with Gasteiger partial charge in [-0.25, -0.2) is 9.97 Å². The van der Waals surface area contributed by atoms with Gasteiger partial charge in [-0.05, 0) is 48.6 Å². The van der Waals surface area contributed by atoms with E-state index in [9.17, 15) is 18.0 Å². The first kappa shape index (κ1) is 21.4. The minimum absolute atomic E-state index is 0.0724. The Hall–Kier alpha value is -3.42. The lowest BCUT2D eigenvalue weighted by atomic mass is 9.64. The Morgan fingerprint density at radius 1 is 1.09 bits per heavy atom. The second-order valence-corrected chi connectivity index (χ2v) is 8.69. The van der Waals surface area contributed by atoms with Crippen LogP contribution in [0.2, 0.25) is 0 Å². The summed E-state index contributed by atoms with van der Waals surface area (Å²) in [5.74, 6) is 0.212. The first-order chi connectivity index (χ1) is 15.8.